The van der Waals surface area contributed by atoms with Gasteiger partial charge in [0.1, 0.15) is 0 Å². The fraction of sp³-hybridized carbons (Fsp3) is 0.455. The minimum Gasteiger partial charge on any atom is -0.394 e. The normalized spacial score (nSPS) is 17.6. The summed E-state index contributed by atoms with van der Waals surface area (Å²) in [5.41, 5.74) is -0.456. The summed E-state index contributed by atoms with van der Waals surface area (Å²) in [5, 5.41) is 12.0. The molecule has 1 aromatic rings. The van der Waals surface area contributed by atoms with Gasteiger partial charge in [-0.15, -0.1) is 0 Å². The summed E-state index contributed by atoms with van der Waals surface area (Å²) in [6.45, 7) is -0.0536. The van der Waals surface area contributed by atoms with Crippen LogP contribution in [0, 0.1) is 0 Å². The van der Waals surface area contributed by atoms with Crippen LogP contribution in [0.1, 0.15) is 29.6 Å². The van der Waals surface area contributed by atoms with Crippen LogP contribution in [0.15, 0.2) is 23.1 Å². The summed E-state index contributed by atoms with van der Waals surface area (Å²) in [7, 11) is 0. The predicted octanol–water partition coefficient (Wildman–Crippen LogP) is 0.0197. The lowest BCUT2D eigenvalue weighted by Gasteiger charge is -2.40. The zero-order valence-electron chi connectivity index (χ0n) is 8.82. The standard InChI is InChI=1S/C11H14N2O3/c14-7-11(3-1-4-11)13-10(16)8-2-5-12-9(15)6-8/h2,5-6,14H,1,3-4,7H2,(H,12,15)(H,13,16). The van der Waals surface area contributed by atoms with E-state index in [2.05, 4.69) is 10.3 Å². The maximum atomic E-state index is 11.8. The molecule has 5 nitrogen and oxygen atoms in total. The third-order valence-electron chi connectivity index (χ3n) is 3.03. The lowest BCUT2D eigenvalue weighted by Crippen LogP contribution is -2.56. The van der Waals surface area contributed by atoms with Crippen LogP contribution >= 0.6 is 0 Å². The van der Waals surface area contributed by atoms with E-state index in [-0.39, 0.29) is 18.1 Å². The molecule has 0 bridgehead atoms. The number of nitrogens with one attached hydrogen (secondary N) is 2. The Labute approximate surface area is 92.5 Å². The van der Waals surface area contributed by atoms with E-state index in [1.54, 1.807) is 6.07 Å². The van der Waals surface area contributed by atoms with Crippen molar-refractivity contribution < 1.29 is 9.90 Å². The maximum absolute atomic E-state index is 11.8. The molecular weight excluding hydrogens is 208 g/mol. The monoisotopic (exact) mass is 222 g/mol. The van der Waals surface area contributed by atoms with Crippen LogP contribution in [0.25, 0.3) is 0 Å². The van der Waals surface area contributed by atoms with E-state index in [9.17, 15) is 14.7 Å². The fourth-order valence-electron chi connectivity index (χ4n) is 1.83. The summed E-state index contributed by atoms with van der Waals surface area (Å²) in [6, 6.07) is 2.79. The highest BCUT2D eigenvalue weighted by molar-refractivity contribution is 5.94. The quantitative estimate of drug-likeness (QED) is 0.674. The smallest absolute Gasteiger partial charge is 0.252 e. The second-order valence-corrected chi connectivity index (χ2v) is 4.19. The minimum absolute atomic E-state index is 0.0536. The van der Waals surface area contributed by atoms with Gasteiger partial charge in [-0.05, 0) is 25.3 Å². The summed E-state index contributed by atoms with van der Waals surface area (Å²) < 4.78 is 0. The Hall–Kier alpha value is -1.62. The van der Waals surface area contributed by atoms with Crippen LogP contribution in [0.4, 0.5) is 0 Å². The molecule has 1 aliphatic rings. The average molecular weight is 222 g/mol. The van der Waals surface area contributed by atoms with Crippen molar-refractivity contribution in [3.63, 3.8) is 0 Å². The molecule has 3 N–H and O–H groups in total. The summed E-state index contributed by atoms with van der Waals surface area (Å²) >= 11 is 0. The van der Waals surface area contributed by atoms with Gasteiger partial charge >= 0.3 is 0 Å². The van der Waals surface area contributed by atoms with Gasteiger partial charge in [-0.3, -0.25) is 9.59 Å². The highest BCUT2D eigenvalue weighted by Gasteiger charge is 2.37. The van der Waals surface area contributed by atoms with E-state index in [1.165, 1.54) is 12.3 Å². The number of H-pyrrole nitrogens is 1. The molecule has 0 aliphatic heterocycles. The van der Waals surface area contributed by atoms with Crippen molar-refractivity contribution in [1.29, 1.82) is 0 Å². The van der Waals surface area contributed by atoms with Gasteiger partial charge in [0.2, 0.25) is 5.56 Å². The van der Waals surface area contributed by atoms with E-state index in [0.717, 1.165) is 19.3 Å². The molecule has 0 spiro atoms. The number of pyridine rings is 1. The molecule has 1 amide bonds. The molecule has 0 aromatic carbocycles. The van der Waals surface area contributed by atoms with Crippen LogP contribution in [0.5, 0.6) is 0 Å². The molecule has 1 aliphatic carbocycles. The lowest BCUT2D eigenvalue weighted by molar-refractivity contribution is 0.0641. The molecular formula is C11H14N2O3. The zero-order chi connectivity index (χ0) is 11.6. The number of amides is 1. The molecule has 0 atom stereocenters. The molecule has 16 heavy (non-hydrogen) atoms. The molecule has 0 saturated heterocycles. The van der Waals surface area contributed by atoms with Crippen molar-refractivity contribution in [3.8, 4) is 0 Å². The van der Waals surface area contributed by atoms with Gasteiger partial charge in [0.25, 0.3) is 5.91 Å². The van der Waals surface area contributed by atoms with Gasteiger partial charge in [0.05, 0.1) is 12.1 Å². The lowest BCUT2D eigenvalue weighted by atomic mass is 9.77. The summed E-state index contributed by atoms with van der Waals surface area (Å²) in [6.07, 6.45) is 4.02. The number of carbonyl (C=O) groups excluding carboxylic acids is 1. The van der Waals surface area contributed by atoms with Crippen LogP contribution in [0.2, 0.25) is 0 Å². The summed E-state index contributed by atoms with van der Waals surface area (Å²) in [5.74, 6) is -0.306. The number of aliphatic hydroxyl groups excluding tert-OH is 1. The van der Waals surface area contributed by atoms with Gasteiger partial charge in [0, 0.05) is 17.8 Å². The van der Waals surface area contributed by atoms with Crippen molar-refractivity contribution in [2.75, 3.05) is 6.61 Å². The number of carbonyl (C=O) groups is 1. The van der Waals surface area contributed by atoms with E-state index in [1.807, 2.05) is 0 Å². The van der Waals surface area contributed by atoms with Crippen molar-refractivity contribution >= 4 is 5.91 Å². The van der Waals surface area contributed by atoms with Crippen LogP contribution in [-0.4, -0.2) is 28.1 Å². The zero-order valence-corrected chi connectivity index (χ0v) is 8.82. The largest absolute Gasteiger partial charge is 0.394 e. The number of rotatable bonds is 3. The molecule has 1 aromatic heterocycles. The first-order valence-corrected chi connectivity index (χ1v) is 5.27. The van der Waals surface area contributed by atoms with E-state index >= 15 is 0 Å². The third kappa shape index (κ3) is 1.99. The third-order valence-corrected chi connectivity index (χ3v) is 3.03. The van der Waals surface area contributed by atoms with Gasteiger partial charge < -0.3 is 15.4 Å². The first-order valence-electron chi connectivity index (χ1n) is 5.27. The van der Waals surface area contributed by atoms with Crippen molar-refractivity contribution in [2.45, 2.75) is 24.8 Å². The van der Waals surface area contributed by atoms with E-state index in [0.29, 0.717) is 5.56 Å². The molecule has 1 saturated carbocycles. The molecule has 1 fully saturated rings. The molecule has 0 unspecified atom stereocenters. The van der Waals surface area contributed by atoms with Crippen molar-refractivity contribution in [3.05, 3.63) is 34.2 Å². The number of aromatic amines is 1. The Morgan fingerprint density at radius 3 is 2.81 bits per heavy atom. The Morgan fingerprint density at radius 1 is 1.56 bits per heavy atom. The second-order valence-electron chi connectivity index (χ2n) is 4.19. The van der Waals surface area contributed by atoms with E-state index in [4.69, 9.17) is 0 Å². The maximum Gasteiger partial charge on any atom is 0.252 e. The summed E-state index contributed by atoms with van der Waals surface area (Å²) in [4.78, 5) is 25.3. The number of hydrogen-bond donors (Lipinski definition) is 3. The second kappa shape index (κ2) is 4.09. The fourth-order valence-corrected chi connectivity index (χ4v) is 1.83. The molecule has 86 valence electrons. The van der Waals surface area contributed by atoms with Gasteiger partial charge in [-0.2, -0.15) is 0 Å². The van der Waals surface area contributed by atoms with Gasteiger partial charge in [-0.1, -0.05) is 0 Å². The average Bonchev–Trinajstić information content (AvgIpc) is 2.23. The van der Waals surface area contributed by atoms with Crippen molar-refractivity contribution in [2.24, 2.45) is 0 Å². The number of aromatic nitrogens is 1. The van der Waals surface area contributed by atoms with Gasteiger partial charge in [0.15, 0.2) is 0 Å². The molecule has 5 heteroatoms. The first-order chi connectivity index (χ1) is 7.65. The Kier molecular flexibility index (Phi) is 2.78. The van der Waals surface area contributed by atoms with E-state index < -0.39 is 5.54 Å². The van der Waals surface area contributed by atoms with Crippen molar-refractivity contribution in [1.82, 2.24) is 10.3 Å². The topological polar surface area (TPSA) is 82.2 Å². The molecule has 2 rings (SSSR count). The van der Waals surface area contributed by atoms with Crippen LogP contribution in [-0.2, 0) is 0 Å². The van der Waals surface area contributed by atoms with Crippen LogP contribution < -0.4 is 10.9 Å². The Morgan fingerprint density at radius 2 is 2.31 bits per heavy atom. The number of aliphatic hydroxyl groups is 1. The molecule has 1 heterocycles. The SMILES string of the molecule is O=C(NC1(CO)CCC1)c1cc[nH]c(=O)c1. The first kappa shape index (κ1) is 10.9. The van der Waals surface area contributed by atoms with Crippen LogP contribution in [0.3, 0.4) is 0 Å². The highest BCUT2D eigenvalue weighted by Crippen LogP contribution is 2.31. The Balaban J connectivity index is 2.11. The van der Waals surface area contributed by atoms with Gasteiger partial charge in [-0.25, -0.2) is 0 Å². The minimum atomic E-state index is -0.473. The Bertz CT molecular complexity index is 443. The number of hydrogen-bond acceptors (Lipinski definition) is 3. The highest BCUT2D eigenvalue weighted by atomic mass is 16.3. The molecule has 0 radical (unpaired) electrons. The predicted molar refractivity (Wildman–Crippen MR) is 58.2 cm³/mol.